The van der Waals surface area contributed by atoms with Crippen molar-refractivity contribution < 1.29 is 18.0 Å². The molecule has 0 saturated carbocycles. The van der Waals surface area contributed by atoms with Crippen LogP contribution in [0.3, 0.4) is 0 Å². The Morgan fingerprint density at radius 3 is 2.56 bits per heavy atom. The summed E-state index contributed by atoms with van der Waals surface area (Å²) in [5.41, 5.74) is -4.10. The lowest BCUT2D eigenvalue weighted by Gasteiger charge is -2.11. The van der Waals surface area contributed by atoms with Crippen LogP contribution in [0.5, 0.6) is 0 Å². The minimum Gasteiger partial charge on any atom is -0.300 e. The van der Waals surface area contributed by atoms with Gasteiger partial charge in [0.25, 0.3) is 0 Å². The lowest BCUT2D eigenvalue weighted by Crippen LogP contribution is -2.04. The molecule has 6 heteroatoms. The molecule has 1 nitrogen and oxygen atoms in total. The number of hydrogen-bond donors (Lipinski definition) is 0. The molecule has 0 aromatic heterocycles. The molecule has 0 spiro atoms. The van der Waals surface area contributed by atoms with Crippen LogP contribution in [0.15, 0.2) is 23.1 Å². The number of rotatable bonds is 3. The molecule has 0 saturated heterocycles. The van der Waals surface area contributed by atoms with Gasteiger partial charge < -0.3 is 0 Å². The zero-order valence-corrected chi connectivity index (χ0v) is 9.84. The maximum atomic E-state index is 12.3. The molecule has 0 aliphatic heterocycles. The van der Waals surface area contributed by atoms with Crippen molar-refractivity contribution in [1.29, 1.82) is 0 Å². The van der Waals surface area contributed by atoms with Gasteiger partial charge in [0.15, 0.2) is 0 Å². The van der Waals surface area contributed by atoms with Crippen LogP contribution in [0.4, 0.5) is 13.2 Å². The summed E-state index contributed by atoms with van der Waals surface area (Å²) in [6, 6.07) is 4.38. The first-order valence-corrected chi connectivity index (χ1v) is 5.51. The number of hydrogen-bond acceptors (Lipinski definition) is 2. The van der Waals surface area contributed by atoms with Crippen LogP contribution in [0.2, 0.25) is 5.02 Å². The SMILES string of the molecule is CC(=O)Cc1cccc(Cl)c1SC(F)(F)F. The van der Waals surface area contributed by atoms with E-state index < -0.39 is 5.51 Å². The average molecular weight is 269 g/mol. The first kappa shape index (κ1) is 13.4. The van der Waals surface area contributed by atoms with E-state index in [0.717, 1.165) is 0 Å². The van der Waals surface area contributed by atoms with Crippen LogP contribution >= 0.6 is 23.4 Å². The number of benzene rings is 1. The molecule has 0 bridgehead atoms. The third-order valence-corrected chi connectivity index (χ3v) is 3.05. The molecule has 0 aliphatic rings. The van der Waals surface area contributed by atoms with Crippen molar-refractivity contribution in [2.45, 2.75) is 23.7 Å². The van der Waals surface area contributed by atoms with E-state index in [1.165, 1.54) is 25.1 Å². The van der Waals surface area contributed by atoms with Crippen molar-refractivity contribution in [3.8, 4) is 0 Å². The highest BCUT2D eigenvalue weighted by atomic mass is 35.5. The van der Waals surface area contributed by atoms with E-state index in [1.807, 2.05) is 0 Å². The minimum absolute atomic E-state index is 0.0149. The summed E-state index contributed by atoms with van der Waals surface area (Å²) < 4.78 is 36.8. The van der Waals surface area contributed by atoms with E-state index in [4.69, 9.17) is 11.6 Å². The molecule has 1 aromatic rings. The van der Waals surface area contributed by atoms with Gasteiger partial charge in [-0.1, -0.05) is 23.7 Å². The van der Waals surface area contributed by atoms with Crippen LogP contribution in [0, 0.1) is 0 Å². The van der Waals surface area contributed by atoms with E-state index in [9.17, 15) is 18.0 Å². The second-order valence-electron chi connectivity index (χ2n) is 3.15. The molecule has 0 aliphatic carbocycles. The van der Waals surface area contributed by atoms with Crippen molar-refractivity contribution in [2.24, 2.45) is 0 Å². The fourth-order valence-corrected chi connectivity index (χ4v) is 2.17. The number of halogens is 4. The van der Waals surface area contributed by atoms with Crippen LogP contribution in [0.25, 0.3) is 0 Å². The number of ketones is 1. The second kappa shape index (κ2) is 5.10. The quantitative estimate of drug-likeness (QED) is 0.768. The predicted molar refractivity (Wildman–Crippen MR) is 57.7 cm³/mol. The Kier molecular flexibility index (Phi) is 4.27. The molecular weight excluding hydrogens is 261 g/mol. The monoisotopic (exact) mass is 268 g/mol. The van der Waals surface area contributed by atoms with Gasteiger partial charge in [0.05, 0.1) is 5.02 Å². The Morgan fingerprint density at radius 1 is 1.44 bits per heavy atom. The Hall–Kier alpha value is -0.680. The zero-order valence-electron chi connectivity index (χ0n) is 8.27. The van der Waals surface area contributed by atoms with Crippen molar-refractivity contribution in [3.05, 3.63) is 28.8 Å². The zero-order chi connectivity index (χ0) is 12.3. The largest absolute Gasteiger partial charge is 0.446 e. The predicted octanol–water partition coefficient (Wildman–Crippen LogP) is 4.08. The van der Waals surface area contributed by atoms with Crippen molar-refractivity contribution in [1.82, 2.24) is 0 Å². The Balaban J connectivity index is 3.08. The Morgan fingerprint density at radius 2 is 2.06 bits per heavy atom. The number of alkyl halides is 3. The Bertz CT molecular complexity index is 404. The van der Waals surface area contributed by atoms with E-state index in [0.29, 0.717) is 5.56 Å². The smallest absolute Gasteiger partial charge is 0.300 e. The van der Waals surface area contributed by atoms with Crippen LogP contribution in [-0.4, -0.2) is 11.3 Å². The summed E-state index contributed by atoms with van der Waals surface area (Å²) in [6.07, 6.45) is -0.0427. The normalized spacial score (nSPS) is 11.6. The lowest BCUT2D eigenvalue weighted by atomic mass is 10.1. The maximum Gasteiger partial charge on any atom is 0.446 e. The molecule has 1 rings (SSSR count). The van der Waals surface area contributed by atoms with Gasteiger partial charge >= 0.3 is 5.51 Å². The second-order valence-corrected chi connectivity index (χ2v) is 4.64. The summed E-state index contributed by atoms with van der Waals surface area (Å²) >= 11 is 5.40. The first-order chi connectivity index (χ1) is 7.29. The van der Waals surface area contributed by atoms with Crippen LogP contribution in [0.1, 0.15) is 12.5 Å². The fraction of sp³-hybridized carbons (Fsp3) is 0.300. The minimum atomic E-state index is -4.41. The molecule has 0 heterocycles. The van der Waals surface area contributed by atoms with Gasteiger partial charge in [-0.15, -0.1) is 0 Å². The molecule has 0 amide bonds. The molecule has 88 valence electrons. The molecule has 1 aromatic carbocycles. The fourth-order valence-electron chi connectivity index (χ4n) is 1.19. The van der Waals surface area contributed by atoms with E-state index in [1.54, 1.807) is 0 Å². The summed E-state index contributed by atoms with van der Waals surface area (Å²) in [5.74, 6) is -0.203. The third kappa shape index (κ3) is 4.06. The van der Waals surface area contributed by atoms with Gasteiger partial charge in [-0.2, -0.15) is 13.2 Å². The Labute approximate surface area is 100.0 Å². The summed E-state index contributed by atoms with van der Waals surface area (Å²) in [4.78, 5) is 10.8. The summed E-state index contributed by atoms with van der Waals surface area (Å²) in [5, 5.41) is 0.0149. The van der Waals surface area contributed by atoms with Crippen molar-refractivity contribution in [2.75, 3.05) is 0 Å². The number of Topliss-reactive ketones (excluding diaryl/α,β-unsaturated/α-hetero) is 1. The van der Waals surface area contributed by atoms with E-state index in [2.05, 4.69) is 0 Å². The first-order valence-electron chi connectivity index (χ1n) is 4.32. The van der Waals surface area contributed by atoms with Gasteiger partial charge in [-0.05, 0) is 30.3 Å². The van der Waals surface area contributed by atoms with Gasteiger partial charge in [0, 0.05) is 11.3 Å². The van der Waals surface area contributed by atoms with E-state index >= 15 is 0 Å². The van der Waals surface area contributed by atoms with Crippen LogP contribution < -0.4 is 0 Å². The molecule has 0 unspecified atom stereocenters. The molecule has 0 N–H and O–H groups in total. The highest BCUT2D eigenvalue weighted by molar-refractivity contribution is 8.00. The molecular formula is C10H8ClF3OS. The van der Waals surface area contributed by atoms with E-state index in [-0.39, 0.29) is 33.9 Å². The standard InChI is InChI=1S/C10H8ClF3OS/c1-6(15)5-7-3-2-4-8(11)9(7)16-10(12,13)14/h2-4H,5H2,1H3. The third-order valence-electron chi connectivity index (χ3n) is 1.71. The van der Waals surface area contributed by atoms with Gasteiger partial charge in [-0.25, -0.2) is 0 Å². The van der Waals surface area contributed by atoms with Gasteiger partial charge in [0.2, 0.25) is 0 Å². The van der Waals surface area contributed by atoms with Gasteiger partial charge in [0.1, 0.15) is 5.78 Å². The number of carbonyl (C=O) groups is 1. The van der Waals surface area contributed by atoms with Crippen LogP contribution in [-0.2, 0) is 11.2 Å². The number of thioether (sulfide) groups is 1. The molecule has 16 heavy (non-hydrogen) atoms. The molecule has 0 fully saturated rings. The number of carbonyl (C=O) groups excluding carboxylic acids is 1. The topological polar surface area (TPSA) is 17.1 Å². The summed E-state index contributed by atoms with van der Waals surface area (Å²) in [7, 11) is 0. The molecule has 0 radical (unpaired) electrons. The summed E-state index contributed by atoms with van der Waals surface area (Å²) in [6.45, 7) is 1.32. The average Bonchev–Trinajstić information content (AvgIpc) is 2.08. The molecule has 0 atom stereocenters. The highest BCUT2D eigenvalue weighted by Crippen LogP contribution is 2.42. The van der Waals surface area contributed by atoms with Crippen molar-refractivity contribution in [3.63, 3.8) is 0 Å². The lowest BCUT2D eigenvalue weighted by molar-refractivity contribution is -0.116. The van der Waals surface area contributed by atoms with Gasteiger partial charge in [-0.3, -0.25) is 4.79 Å². The van der Waals surface area contributed by atoms with Crippen molar-refractivity contribution >= 4 is 29.1 Å². The highest BCUT2D eigenvalue weighted by Gasteiger charge is 2.31. The maximum absolute atomic E-state index is 12.3.